The van der Waals surface area contributed by atoms with Crippen LogP contribution in [-0.2, 0) is 4.79 Å². The van der Waals surface area contributed by atoms with Crippen LogP contribution < -0.4 is 4.74 Å². The van der Waals surface area contributed by atoms with E-state index in [0.29, 0.717) is 31.7 Å². The van der Waals surface area contributed by atoms with E-state index in [1.54, 1.807) is 4.90 Å². The minimum atomic E-state index is -0.393. The maximum Gasteiger partial charge on any atom is 0.253 e. The number of carbonyl (C=O) groups excluding carboxylic acids is 1. The number of fused-ring (bicyclic) bond motifs is 1. The van der Waals surface area contributed by atoms with Crippen LogP contribution in [0.25, 0.3) is 6.08 Å². The number of likely N-dealkylation sites (tertiary alicyclic amines) is 1. The average Bonchev–Trinajstić information content (AvgIpc) is 2.83. The van der Waals surface area contributed by atoms with Crippen molar-refractivity contribution in [3.05, 3.63) is 33.8 Å². The van der Waals surface area contributed by atoms with Crippen LogP contribution in [0.5, 0.6) is 5.75 Å². The Hall–Kier alpha value is -1.33. The molecule has 0 aromatic heterocycles. The third-order valence-corrected chi connectivity index (χ3v) is 3.90. The lowest BCUT2D eigenvalue weighted by molar-refractivity contribution is -0.126. The Morgan fingerprint density at radius 3 is 3.05 bits per heavy atom. The van der Waals surface area contributed by atoms with Crippen molar-refractivity contribution in [3.8, 4) is 5.75 Å². The molecule has 0 aliphatic carbocycles. The topological polar surface area (TPSA) is 49.8 Å². The SMILES string of the molecule is O=C(C1=Cc2cc(Br)ccc2OC1)N1CC[C@@H](O)C1. The lowest BCUT2D eigenvalue weighted by atomic mass is 10.1. The highest BCUT2D eigenvalue weighted by atomic mass is 79.9. The molecule has 19 heavy (non-hydrogen) atoms. The molecule has 1 amide bonds. The molecule has 0 bridgehead atoms. The van der Waals surface area contributed by atoms with Gasteiger partial charge in [0, 0.05) is 23.1 Å². The summed E-state index contributed by atoms with van der Waals surface area (Å²) >= 11 is 3.41. The van der Waals surface area contributed by atoms with Crippen LogP contribution in [0.1, 0.15) is 12.0 Å². The maximum atomic E-state index is 12.3. The molecule has 0 radical (unpaired) electrons. The molecular weight excluding hydrogens is 310 g/mol. The fraction of sp³-hybridized carbons (Fsp3) is 0.357. The highest BCUT2D eigenvalue weighted by Gasteiger charge is 2.28. The normalized spacial score (nSPS) is 21.7. The number of halogens is 1. The van der Waals surface area contributed by atoms with Gasteiger partial charge in [0.2, 0.25) is 0 Å². The molecule has 1 atom stereocenters. The quantitative estimate of drug-likeness (QED) is 0.857. The van der Waals surface area contributed by atoms with Gasteiger partial charge in [0.1, 0.15) is 12.4 Å². The van der Waals surface area contributed by atoms with Crippen molar-refractivity contribution in [1.29, 1.82) is 0 Å². The summed E-state index contributed by atoms with van der Waals surface area (Å²) in [6.45, 7) is 1.32. The first-order valence-corrected chi connectivity index (χ1v) is 7.03. The Morgan fingerprint density at radius 2 is 2.32 bits per heavy atom. The van der Waals surface area contributed by atoms with E-state index in [-0.39, 0.29) is 5.91 Å². The van der Waals surface area contributed by atoms with Crippen molar-refractivity contribution in [1.82, 2.24) is 4.90 Å². The van der Waals surface area contributed by atoms with E-state index in [9.17, 15) is 9.90 Å². The Labute approximate surface area is 119 Å². The second kappa shape index (κ2) is 4.98. The molecule has 100 valence electrons. The van der Waals surface area contributed by atoms with Gasteiger partial charge in [-0.05, 0) is 30.7 Å². The molecule has 1 saturated heterocycles. The number of rotatable bonds is 1. The number of benzene rings is 1. The molecule has 3 rings (SSSR count). The Balaban J connectivity index is 1.84. The third kappa shape index (κ3) is 2.53. The van der Waals surface area contributed by atoms with Gasteiger partial charge in [0.25, 0.3) is 5.91 Å². The number of carbonyl (C=O) groups is 1. The molecule has 1 aromatic carbocycles. The first-order chi connectivity index (χ1) is 9.13. The molecule has 0 saturated carbocycles. The summed E-state index contributed by atoms with van der Waals surface area (Å²) in [6, 6.07) is 5.73. The standard InChI is InChI=1S/C14H14BrNO3/c15-11-1-2-13-9(6-11)5-10(8-19-13)14(18)16-4-3-12(17)7-16/h1-2,5-6,12,17H,3-4,7-8H2/t12-/m1/s1. The van der Waals surface area contributed by atoms with Gasteiger partial charge in [-0.15, -0.1) is 0 Å². The molecule has 4 nitrogen and oxygen atoms in total. The first kappa shape index (κ1) is 12.7. The fourth-order valence-corrected chi connectivity index (χ4v) is 2.78. The van der Waals surface area contributed by atoms with Gasteiger partial charge in [-0.3, -0.25) is 4.79 Å². The van der Waals surface area contributed by atoms with Gasteiger partial charge in [-0.2, -0.15) is 0 Å². The highest BCUT2D eigenvalue weighted by molar-refractivity contribution is 9.10. The summed E-state index contributed by atoms with van der Waals surface area (Å²) in [7, 11) is 0. The number of aliphatic hydroxyl groups excluding tert-OH is 1. The molecule has 2 aliphatic rings. The van der Waals surface area contributed by atoms with E-state index in [1.807, 2.05) is 24.3 Å². The van der Waals surface area contributed by atoms with Crippen molar-refractivity contribution >= 4 is 27.9 Å². The van der Waals surface area contributed by atoms with Crippen LogP contribution in [0.15, 0.2) is 28.2 Å². The smallest absolute Gasteiger partial charge is 0.253 e. The molecule has 5 heteroatoms. The molecular formula is C14H14BrNO3. The molecule has 1 fully saturated rings. The van der Waals surface area contributed by atoms with E-state index in [0.717, 1.165) is 15.8 Å². The summed E-state index contributed by atoms with van der Waals surface area (Å²) in [4.78, 5) is 14.0. The summed E-state index contributed by atoms with van der Waals surface area (Å²) < 4.78 is 6.55. The third-order valence-electron chi connectivity index (χ3n) is 3.41. The van der Waals surface area contributed by atoms with Crippen molar-refractivity contribution in [2.75, 3.05) is 19.7 Å². The van der Waals surface area contributed by atoms with Crippen molar-refractivity contribution in [2.45, 2.75) is 12.5 Å². The van der Waals surface area contributed by atoms with Gasteiger partial charge in [-0.25, -0.2) is 0 Å². The number of hydrogen-bond donors (Lipinski definition) is 1. The van der Waals surface area contributed by atoms with Crippen molar-refractivity contribution in [2.24, 2.45) is 0 Å². The van der Waals surface area contributed by atoms with E-state index in [2.05, 4.69) is 15.9 Å². The zero-order valence-corrected chi connectivity index (χ0v) is 11.9. The molecule has 1 aromatic rings. The van der Waals surface area contributed by atoms with Gasteiger partial charge in [-0.1, -0.05) is 15.9 Å². The maximum absolute atomic E-state index is 12.3. The van der Waals surface area contributed by atoms with E-state index in [1.165, 1.54) is 0 Å². The number of amides is 1. The number of ether oxygens (including phenoxy) is 1. The number of aliphatic hydroxyl groups is 1. The van der Waals surface area contributed by atoms with Gasteiger partial charge in [0.15, 0.2) is 0 Å². The van der Waals surface area contributed by atoms with Gasteiger partial charge in [0.05, 0.1) is 11.7 Å². The predicted octanol–water partition coefficient (Wildman–Crippen LogP) is 1.82. The lowest BCUT2D eigenvalue weighted by Gasteiger charge is -2.22. The predicted molar refractivity (Wildman–Crippen MR) is 74.8 cm³/mol. The zero-order chi connectivity index (χ0) is 13.4. The minimum Gasteiger partial charge on any atom is -0.488 e. The van der Waals surface area contributed by atoms with E-state index < -0.39 is 6.10 Å². The molecule has 1 N–H and O–H groups in total. The second-order valence-electron chi connectivity index (χ2n) is 4.83. The van der Waals surface area contributed by atoms with Crippen LogP contribution in [-0.4, -0.2) is 41.7 Å². The Kier molecular flexibility index (Phi) is 3.33. The second-order valence-corrected chi connectivity index (χ2v) is 5.75. The lowest BCUT2D eigenvalue weighted by Crippen LogP contribution is -2.33. The van der Waals surface area contributed by atoms with Crippen molar-refractivity contribution in [3.63, 3.8) is 0 Å². The minimum absolute atomic E-state index is 0.0397. The fourth-order valence-electron chi connectivity index (χ4n) is 2.40. The van der Waals surface area contributed by atoms with Crippen LogP contribution in [0.4, 0.5) is 0 Å². The summed E-state index contributed by atoms with van der Waals surface area (Å²) in [5, 5.41) is 9.49. The van der Waals surface area contributed by atoms with Crippen LogP contribution in [0.3, 0.4) is 0 Å². The van der Waals surface area contributed by atoms with Crippen LogP contribution >= 0.6 is 15.9 Å². The number of hydrogen-bond acceptors (Lipinski definition) is 3. The summed E-state index contributed by atoms with van der Waals surface area (Å²) in [6.07, 6.45) is 2.13. The van der Waals surface area contributed by atoms with Gasteiger partial charge >= 0.3 is 0 Å². The molecule has 2 aliphatic heterocycles. The van der Waals surface area contributed by atoms with E-state index in [4.69, 9.17) is 4.74 Å². The monoisotopic (exact) mass is 323 g/mol. The van der Waals surface area contributed by atoms with Gasteiger partial charge < -0.3 is 14.7 Å². The average molecular weight is 324 g/mol. The van der Waals surface area contributed by atoms with Crippen LogP contribution in [0.2, 0.25) is 0 Å². The molecule has 2 heterocycles. The largest absolute Gasteiger partial charge is 0.488 e. The first-order valence-electron chi connectivity index (χ1n) is 6.24. The Bertz CT molecular complexity index is 556. The summed E-state index contributed by atoms with van der Waals surface area (Å²) in [5.74, 6) is 0.753. The summed E-state index contributed by atoms with van der Waals surface area (Å²) in [5.41, 5.74) is 1.54. The molecule has 0 unspecified atom stereocenters. The van der Waals surface area contributed by atoms with E-state index >= 15 is 0 Å². The highest BCUT2D eigenvalue weighted by Crippen LogP contribution is 2.30. The Morgan fingerprint density at radius 1 is 1.47 bits per heavy atom. The zero-order valence-electron chi connectivity index (χ0n) is 10.3. The molecule has 0 spiro atoms. The van der Waals surface area contributed by atoms with Crippen LogP contribution in [0, 0.1) is 0 Å². The number of nitrogens with zero attached hydrogens (tertiary/aromatic N) is 1. The number of β-amino-alcohol motifs (C(OH)–C–C–N with tert-alkyl or cyclic N) is 1. The van der Waals surface area contributed by atoms with Crippen molar-refractivity contribution < 1.29 is 14.6 Å².